The number of esters is 5. The highest BCUT2D eigenvalue weighted by atomic mass is 16.7. The zero-order valence-corrected chi connectivity index (χ0v) is 36.9. The maximum absolute atomic E-state index is 12.6. The Balaban J connectivity index is 1.31. The largest absolute Gasteiger partial charge is 0.463 e. The summed E-state index contributed by atoms with van der Waals surface area (Å²) in [5, 5.41) is 0. The van der Waals surface area contributed by atoms with Gasteiger partial charge in [-0.3, -0.25) is 24.0 Å². The van der Waals surface area contributed by atoms with E-state index in [9.17, 15) is 24.0 Å². The number of rotatable bonds is 10. The van der Waals surface area contributed by atoms with E-state index in [0.29, 0.717) is 36.2 Å². The highest BCUT2D eigenvalue weighted by molar-refractivity contribution is 5.69. The molecule has 0 aromatic carbocycles. The Morgan fingerprint density at radius 2 is 1.24 bits per heavy atom. The van der Waals surface area contributed by atoms with Crippen molar-refractivity contribution >= 4 is 29.8 Å². The SMILES string of the molecule is C=C(C)[C@@H]1CC[C@]2(CO[C@@H]3O[C@H](COC(C)=O)[C@@H](OC(C)=O)[C@H](OC(C)=O)[C@H]3OC(C)=O)CC[C@]3(C)[C@H](CCC4[C@@]5(C)CC[C@@H](OC(C)=O)C(C)(C)[C@@H]5CC[C@]43C)[C@@H]12. The van der Waals surface area contributed by atoms with E-state index >= 15 is 0 Å². The van der Waals surface area contributed by atoms with Gasteiger partial charge in [0.15, 0.2) is 24.6 Å². The Morgan fingerprint density at radius 1 is 0.621 bits per heavy atom. The highest BCUT2D eigenvalue weighted by Gasteiger charge is 2.71. The molecule has 5 saturated carbocycles. The first kappa shape index (κ1) is 44.6. The molecular weight excluding hydrogens is 744 g/mol. The minimum absolute atomic E-state index is 0.0631. The molecule has 0 spiro atoms. The molecule has 326 valence electrons. The van der Waals surface area contributed by atoms with Gasteiger partial charge in [0.25, 0.3) is 0 Å². The third-order valence-electron chi connectivity index (χ3n) is 17.0. The first-order valence-electron chi connectivity index (χ1n) is 21.8. The van der Waals surface area contributed by atoms with Crippen LogP contribution in [0.25, 0.3) is 0 Å². The number of hydrogen-bond acceptors (Lipinski definition) is 12. The molecule has 0 bridgehead atoms. The lowest BCUT2D eigenvalue weighted by atomic mass is 9.32. The van der Waals surface area contributed by atoms with Gasteiger partial charge in [0.05, 0.1) is 6.61 Å². The topological polar surface area (TPSA) is 150 Å². The molecule has 0 radical (unpaired) electrons. The minimum Gasteiger partial charge on any atom is -0.463 e. The standard InChI is InChI=1S/C46H70O12/c1-25(2)31-15-20-46(24-53-41-40(57-30(7)51)39(56-29(6)50)38(55-28(5)49)33(58-41)23-52-26(3)47)22-21-44(11)32(37(31)46)13-14-35-43(10)18-17-36(54-27(4)48)42(8,9)34(43)16-19-45(35,44)12/h31-41H,1,13-24H2,2-12H3/t31-,32+,33+,34-,35?,36+,37+,38+,39-,40+,41+,43-,44+,45+,46+/m0/s1. The van der Waals surface area contributed by atoms with E-state index in [1.807, 2.05) is 0 Å². The van der Waals surface area contributed by atoms with Crippen LogP contribution in [0.1, 0.15) is 140 Å². The molecule has 12 nitrogen and oxygen atoms in total. The molecule has 0 aromatic heterocycles. The van der Waals surface area contributed by atoms with E-state index < -0.39 is 54.6 Å². The number of ether oxygens (including phenoxy) is 7. The van der Waals surface area contributed by atoms with Gasteiger partial charge in [-0.15, -0.1) is 0 Å². The molecule has 12 heteroatoms. The van der Waals surface area contributed by atoms with Crippen molar-refractivity contribution in [2.45, 2.75) is 177 Å². The second-order valence-corrected chi connectivity index (χ2v) is 20.4. The Morgan fingerprint density at radius 3 is 1.84 bits per heavy atom. The van der Waals surface area contributed by atoms with Gasteiger partial charge in [0.1, 0.15) is 18.8 Å². The first-order chi connectivity index (χ1) is 27.0. The third-order valence-corrected chi connectivity index (χ3v) is 17.0. The fourth-order valence-electron chi connectivity index (χ4n) is 14.5. The van der Waals surface area contributed by atoms with Gasteiger partial charge in [-0.05, 0) is 122 Å². The van der Waals surface area contributed by atoms with Gasteiger partial charge >= 0.3 is 29.8 Å². The van der Waals surface area contributed by atoms with Crippen LogP contribution in [0.15, 0.2) is 12.2 Å². The van der Waals surface area contributed by atoms with Crippen molar-refractivity contribution in [3.05, 3.63) is 12.2 Å². The predicted molar refractivity (Wildman–Crippen MR) is 212 cm³/mol. The van der Waals surface area contributed by atoms with Gasteiger partial charge in [-0.1, -0.05) is 46.8 Å². The van der Waals surface area contributed by atoms with E-state index in [0.717, 1.165) is 64.2 Å². The summed E-state index contributed by atoms with van der Waals surface area (Å²) in [4.78, 5) is 61.5. The Kier molecular flexibility index (Phi) is 12.4. The van der Waals surface area contributed by atoms with Crippen LogP contribution in [-0.4, -0.2) is 79.9 Å². The van der Waals surface area contributed by atoms with Gasteiger partial charge in [-0.2, -0.15) is 0 Å². The minimum atomic E-state index is -1.28. The van der Waals surface area contributed by atoms with Gasteiger partial charge in [-0.25, -0.2) is 0 Å². The molecular formula is C46H70O12. The molecule has 6 fully saturated rings. The second-order valence-electron chi connectivity index (χ2n) is 20.4. The fourth-order valence-corrected chi connectivity index (χ4v) is 14.5. The lowest BCUT2D eigenvalue weighted by molar-refractivity contribution is -0.317. The van der Waals surface area contributed by atoms with Crippen LogP contribution < -0.4 is 0 Å². The summed E-state index contributed by atoms with van der Waals surface area (Å²) in [6.07, 6.45) is 4.30. The van der Waals surface area contributed by atoms with Gasteiger partial charge in [0.2, 0.25) is 0 Å². The number of carbonyl (C=O) groups is 5. The van der Waals surface area contributed by atoms with Crippen molar-refractivity contribution in [3.8, 4) is 0 Å². The molecule has 0 aromatic rings. The van der Waals surface area contributed by atoms with Crippen LogP contribution in [0, 0.1) is 56.7 Å². The average molecular weight is 815 g/mol. The molecule has 0 N–H and O–H groups in total. The summed E-state index contributed by atoms with van der Waals surface area (Å²) in [6, 6.07) is 0. The summed E-state index contributed by atoms with van der Waals surface area (Å²) >= 11 is 0. The second kappa shape index (κ2) is 16.1. The van der Waals surface area contributed by atoms with E-state index in [-0.39, 0.29) is 45.8 Å². The van der Waals surface area contributed by atoms with Crippen LogP contribution in [0.2, 0.25) is 0 Å². The molecule has 1 aliphatic heterocycles. The highest BCUT2D eigenvalue weighted by Crippen LogP contribution is 2.77. The van der Waals surface area contributed by atoms with Gasteiger partial charge in [0, 0.05) is 40.0 Å². The Labute approximate surface area is 345 Å². The van der Waals surface area contributed by atoms with Crippen LogP contribution in [0.3, 0.4) is 0 Å². The van der Waals surface area contributed by atoms with E-state index in [2.05, 4.69) is 48.1 Å². The molecule has 6 aliphatic rings. The lowest BCUT2D eigenvalue weighted by Gasteiger charge is -2.73. The number of allylic oxidation sites excluding steroid dienone is 1. The molecule has 0 amide bonds. The number of carbonyl (C=O) groups excluding carboxylic acids is 5. The molecule has 5 aliphatic carbocycles. The van der Waals surface area contributed by atoms with Crippen molar-refractivity contribution in [3.63, 3.8) is 0 Å². The van der Waals surface area contributed by atoms with Crippen molar-refractivity contribution in [1.29, 1.82) is 0 Å². The smallest absolute Gasteiger partial charge is 0.303 e. The molecule has 58 heavy (non-hydrogen) atoms. The molecule has 6 rings (SSSR count). The predicted octanol–water partition coefficient (Wildman–Crippen LogP) is 7.68. The van der Waals surface area contributed by atoms with Crippen molar-refractivity contribution in [1.82, 2.24) is 0 Å². The summed E-state index contributed by atoms with van der Waals surface area (Å²) in [7, 11) is 0. The van der Waals surface area contributed by atoms with Crippen LogP contribution in [0.4, 0.5) is 0 Å². The summed E-state index contributed by atoms with van der Waals surface area (Å²) < 4.78 is 41.6. The quantitative estimate of drug-likeness (QED) is 0.121. The van der Waals surface area contributed by atoms with Crippen LogP contribution in [0.5, 0.6) is 0 Å². The van der Waals surface area contributed by atoms with E-state index in [4.69, 9.17) is 33.2 Å². The number of hydrogen-bond donors (Lipinski definition) is 0. The van der Waals surface area contributed by atoms with Crippen molar-refractivity contribution in [2.24, 2.45) is 56.7 Å². The Bertz CT molecular complexity index is 1640. The van der Waals surface area contributed by atoms with Crippen molar-refractivity contribution in [2.75, 3.05) is 13.2 Å². The summed E-state index contributed by atoms with van der Waals surface area (Å²) in [5.41, 5.74) is 1.18. The maximum atomic E-state index is 12.6. The van der Waals surface area contributed by atoms with Gasteiger partial charge < -0.3 is 33.2 Å². The van der Waals surface area contributed by atoms with Crippen LogP contribution in [-0.2, 0) is 57.1 Å². The zero-order chi connectivity index (χ0) is 42.7. The molecule has 1 saturated heterocycles. The van der Waals surface area contributed by atoms with E-state index in [1.165, 1.54) is 40.2 Å². The molecule has 1 unspecified atom stereocenters. The number of fused-ring (bicyclic) bond motifs is 7. The monoisotopic (exact) mass is 814 g/mol. The van der Waals surface area contributed by atoms with Crippen molar-refractivity contribution < 1.29 is 57.1 Å². The zero-order valence-electron chi connectivity index (χ0n) is 36.9. The summed E-state index contributed by atoms with van der Waals surface area (Å²) in [6.45, 7) is 25.6. The molecule has 1 heterocycles. The fraction of sp³-hybridized carbons (Fsp3) is 0.848. The summed E-state index contributed by atoms with van der Waals surface area (Å²) in [5.74, 6) is -0.711. The van der Waals surface area contributed by atoms with E-state index in [1.54, 1.807) is 0 Å². The molecule has 15 atom stereocenters. The first-order valence-corrected chi connectivity index (χ1v) is 21.8. The average Bonchev–Trinajstić information content (AvgIpc) is 3.50. The Hall–Kier alpha value is -2.99. The normalized spacial score (nSPS) is 43.9. The van der Waals surface area contributed by atoms with Crippen LogP contribution >= 0.6 is 0 Å². The third kappa shape index (κ3) is 7.64. The lowest BCUT2D eigenvalue weighted by Crippen LogP contribution is -2.67. The maximum Gasteiger partial charge on any atom is 0.303 e.